The maximum atomic E-state index is 6.51. The predicted molar refractivity (Wildman–Crippen MR) is 93.9 cm³/mol. The topological polar surface area (TPSA) is 61.3 Å². The highest BCUT2D eigenvalue weighted by Gasteiger charge is 2.40. The number of benzene rings is 1. The number of hydrogen-bond donors (Lipinski definition) is 2. The average molecular weight is 309 g/mol. The van der Waals surface area contributed by atoms with Crippen molar-refractivity contribution in [2.75, 3.05) is 6.54 Å². The van der Waals surface area contributed by atoms with Crippen LogP contribution in [0.15, 0.2) is 30.3 Å². The second-order valence-electron chi connectivity index (χ2n) is 7.35. The summed E-state index contributed by atoms with van der Waals surface area (Å²) < 4.78 is 6.51. The van der Waals surface area contributed by atoms with E-state index in [1.54, 1.807) is 0 Å². The third-order valence-corrected chi connectivity index (χ3v) is 9.00. The molecular weight excluding hydrogens is 276 g/mol. The van der Waals surface area contributed by atoms with Gasteiger partial charge < -0.3 is 15.9 Å². The Bertz CT molecular complexity index is 415. The van der Waals surface area contributed by atoms with Gasteiger partial charge in [-0.3, -0.25) is 0 Å². The Hall–Kier alpha value is -0.683. The fraction of sp³-hybridized carbons (Fsp3) is 0.647. The predicted octanol–water partition coefficient (Wildman–Crippen LogP) is 3.30. The first kappa shape index (κ1) is 18.4. The lowest BCUT2D eigenvalue weighted by molar-refractivity contribution is 0.144. The molecule has 4 N–H and O–H groups in total. The van der Waals surface area contributed by atoms with Crippen LogP contribution in [0, 0.1) is 0 Å². The minimum atomic E-state index is -1.82. The fourth-order valence-electron chi connectivity index (χ4n) is 2.10. The van der Waals surface area contributed by atoms with E-state index in [0.717, 1.165) is 12.8 Å². The second kappa shape index (κ2) is 7.54. The molecule has 0 aliphatic rings. The van der Waals surface area contributed by atoms with E-state index in [1.165, 1.54) is 5.56 Å². The summed E-state index contributed by atoms with van der Waals surface area (Å²) in [5.41, 5.74) is 13.5. The second-order valence-corrected chi connectivity index (χ2v) is 12.1. The molecule has 1 rings (SSSR count). The maximum Gasteiger partial charge on any atom is 0.192 e. The average Bonchev–Trinajstić information content (AvgIpc) is 2.37. The van der Waals surface area contributed by atoms with Gasteiger partial charge in [0.2, 0.25) is 0 Å². The van der Waals surface area contributed by atoms with Crippen LogP contribution >= 0.6 is 0 Å². The van der Waals surface area contributed by atoms with Crippen molar-refractivity contribution in [3.63, 3.8) is 0 Å². The highest BCUT2D eigenvalue weighted by Crippen LogP contribution is 2.38. The van der Waals surface area contributed by atoms with Gasteiger partial charge in [-0.1, -0.05) is 51.1 Å². The van der Waals surface area contributed by atoms with E-state index in [0.29, 0.717) is 6.54 Å². The zero-order valence-electron chi connectivity index (χ0n) is 14.2. The lowest BCUT2D eigenvalue weighted by atomic mass is 10.0. The van der Waals surface area contributed by atoms with Gasteiger partial charge in [0.15, 0.2) is 8.32 Å². The first-order chi connectivity index (χ1) is 9.67. The molecule has 3 nitrogen and oxygen atoms in total. The van der Waals surface area contributed by atoms with Crippen LogP contribution < -0.4 is 11.5 Å². The van der Waals surface area contributed by atoms with Crippen molar-refractivity contribution in [3.05, 3.63) is 35.9 Å². The molecular formula is C17H32N2OSi. The molecule has 0 spiro atoms. The standard InChI is InChI=1S/C17H32N2OSi/c1-17(2,3)21(4,5)20-16(11-12-18)15(19)13-14-9-7-6-8-10-14/h6-10,15-16H,11-13,18-19H2,1-5H3. The summed E-state index contributed by atoms with van der Waals surface area (Å²) in [5.74, 6) is 0. The molecule has 2 atom stereocenters. The van der Waals surface area contributed by atoms with Gasteiger partial charge >= 0.3 is 0 Å². The van der Waals surface area contributed by atoms with Crippen LogP contribution in [0.5, 0.6) is 0 Å². The van der Waals surface area contributed by atoms with Gasteiger partial charge in [-0.2, -0.15) is 0 Å². The molecule has 1 aromatic rings. The Labute approximate surface area is 131 Å². The van der Waals surface area contributed by atoms with Crippen LogP contribution in [0.3, 0.4) is 0 Å². The largest absolute Gasteiger partial charge is 0.412 e. The molecule has 21 heavy (non-hydrogen) atoms. The van der Waals surface area contributed by atoms with Crippen LogP contribution in [0.25, 0.3) is 0 Å². The summed E-state index contributed by atoms with van der Waals surface area (Å²) >= 11 is 0. The van der Waals surface area contributed by atoms with Gasteiger partial charge in [0.05, 0.1) is 6.10 Å². The van der Waals surface area contributed by atoms with Crippen molar-refractivity contribution in [3.8, 4) is 0 Å². The van der Waals surface area contributed by atoms with Gasteiger partial charge in [-0.05, 0) is 43.1 Å². The molecule has 0 amide bonds. The van der Waals surface area contributed by atoms with Crippen molar-refractivity contribution in [1.82, 2.24) is 0 Å². The summed E-state index contributed by atoms with van der Waals surface area (Å²) in [5, 5.41) is 0.187. The van der Waals surface area contributed by atoms with Crippen LogP contribution in [-0.4, -0.2) is 27.0 Å². The smallest absolute Gasteiger partial charge is 0.192 e. The van der Waals surface area contributed by atoms with Crippen LogP contribution in [-0.2, 0) is 10.8 Å². The first-order valence-corrected chi connectivity index (χ1v) is 10.8. The van der Waals surface area contributed by atoms with E-state index >= 15 is 0 Å². The summed E-state index contributed by atoms with van der Waals surface area (Å²) in [6, 6.07) is 10.4. The lowest BCUT2D eigenvalue weighted by Gasteiger charge is -2.41. The summed E-state index contributed by atoms with van der Waals surface area (Å²) in [7, 11) is -1.82. The van der Waals surface area contributed by atoms with Crippen molar-refractivity contribution >= 4 is 8.32 Å². The normalized spacial score (nSPS) is 15.8. The summed E-state index contributed by atoms with van der Waals surface area (Å²) in [6.45, 7) is 11.9. The fourth-order valence-corrected chi connectivity index (χ4v) is 3.50. The third-order valence-electron chi connectivity index (χ3n) is 4.50. The molecule has 0 aromatic heterocycles. The SMILES string of the molecule is CC(C)(C)[Si](C)(C)OC(CCN)C(N)Cc1ccccc1. The molecule has 0 bridgehead atoms. The van der Waals surface area contributed by atoms with E-state index in [9.17, 15) is 0 Å². The Balaban J connectivity index is 2.76. The Morgan fingerprint density at radius 1 is 1.14 bits per heavy atom. The van der Waals surface area contributed by atoms with E-state index in [-0.39, 0.29) is 17.2 Å². The van der Waals surface area contributed by atoms with E-state index < -0.39 is 8.32 Å². The minimum Gasteiger partial charge on any atom is -0.412 e. The van der Waals surface area contributed by atoms with Gasteiger partial charge in [0, 0.05) is 6.04 Å². The Morgan fingerprint density at radius 3 is 2.19 bits per heavy atom. The van der Waals surface area contributed by atoms with Gasteiger partial charge in [-0.15, -0.1) is 0 Å². The minimum absolute atomic E-state index is 0.00919. The summed E-state index contributed by atoms with van der Waals surface area (Å²) in [6.07, 6.45) is 1.69. The first-order valence-electron chi connectivity index (χ1n) is 7.85. The highest BCUT2D eigenvalue weighted by molar-refractivity contribution is 6.74. The van der Waals surface area contributed by atoms with Crippen LogP contribution in [0.4, 0.5) is 0 Å². The monoisotopic (exact) mass is 308 g/mol. The maximum absolute atomic E-state index is 6.51. The third kappa shape index (κ3) is 5.55. The number of nitrogens with two attached hydrogens (primary N) is 2. The zero-order chi connectivity index (χ0) is 16.1. The van der Waals surface area contributed by atoms with Crippen molar-refractivity contribution in [2.45, 2.75) is 63.9 Å². The van der Waals surface area contributed by atoms with Crippen LogP contribution in [0.1, 0.15) is 32.8 Å². The van der Waals surface area contributed by atoms with E-state index in [2.05, 4.69) is 58.1 Å². The van der Waals surface area contributed by atoms with Crippen molar-refractivity contribution in [1.29, 1.82) is 0 Å². The lowest BCUT2D eigenvalue weighted by Crippen LogP contribution is -2.50. The molecule has 0 heterocycles. The van der Waals surface area contributed by atoms with Gasteiger partial charge in [0.1, 0.15) is 0 Å². The number of rotatable bonds is 7. The molecule has 120 valence electrons. The Kier molecular flexibility index (Phi) is 6.59. The molecule has 0 saturated heterocycles. The quantitative estimate of drug-likeness (QED) is 0.760. The molecule has 0 aliphatic carbocycles. The molecule has 4 heteroatoms. The van der Waals surface area contributed by atoms with Crippen LogP contribution in [0.2, 0.25) is 18.1 Å². The molecule has 0 aliphatic heterocycles. The Morgan fingerprint density at radius 2 is 1.71 bits per heavy atom. The molecule has 0 radical (unpaired) electrons. The van der Waals surface area contributed by atoms with Crippen molar-refractivity contribution < 1.29 is 4.43 Å². The van der Waals surface area contributed by atoms with Gasteiger partial charge in [0.25, 0.3) is 0 Å². The van der Waals surface area contributed by atoms with E-state index in [4.69, 9.17) is 15.9 Å². The zero-order valence-corrected chi connectivity index (χ0v) is 15.2. The highest BCUT2D eigenvalue weighted by atomic mass is 28.4. The van der Waals surface area contributed by atoms with E-state index in [1.807, 2.05) is 6.07 Å². The molecule has 0 saturated carbocycles. The van der Waals surface area contributed by atoms with Gasteiger partial charge in [-0.25, -0.2) is 0 Å². The molecule has 2 unspecified atom stereocenters. The summed E-state index contributed by atoms with van der Waals surface area (Å²) in [4.78, 5) is 0. The molecule has 0 fully saturated rings. The number of hydrogen-bond acceptors (Lipinski definition) is 3. The van der Waals surface area contributed by atoms with Crippen molar-refractivity contribution in [2.24, 2.45) is 11.5 Å². The molecule has 1 aromatic carbocycles.